The molecule has 0 spiro atoms. The van der Waals surface area contributed by atoms with E-state index in [2.05, 4.69) is 15.1 Å². The number of fused-ring (bicyclic) bond motifs is 1. The summed E-state index contributed by atoms with van der Waals surface area (Å²) in [4.78, 5) is 23.0. The van der Waals surface area contributed by atoms with E-state index in [1.807, 2.05) is 13.8 Å². The van der Waals surface area contributed by atoms with Crippen molar-refractivity contribution in [3.8, 4) is 0 Å². The number of pyridine rings is 1. The van der Waals surface area contributed by atoms with Crippen molar-refractivity contribution in [1.82, 2.24) is 24.4 Å². The van der Waals surface area contributed by atoms with E-state index in [0.717, 1.165) is 6.42 Å². The van der Waals surface area contributed by atoms with Gasteiger partial charge in [-0.3, -0.25) is 9.20 Å². The van der Waals surface area contributed by atoms with Gasteiger partial charge in [-0.25, -0.2) is 4.98 Å². The Morgan fingerprint density at radius 1 is 1.36 bits per heavy atom. The van der Waals surface area contributed by atoms with Gasteiger partial charge in [-0.05, 0) is 25.0 Å². The van der Waals surface area contributed by atoms with Gasteiger partial charge in [0.25, 0.3) is 5.91 Å². The summed E-state index contributed by atoms with van der Waals surface area (Å²) in [5.74, 6) is 0.0403. The lowest BCUT2D eigenvalue weighted by Crippen LogP contribution is -2.31. The Kier molecular flexibility index (Phi) is 3.74. The van der Waals surface area contributed by atoms with Gasteiger partial charge in [-0.1, -0.05) is 25.1 Å². The van der Waals surface area contributed by atoms with Crippen molar-refractivity contribution in [2.24, 2.45) is 0 Å². The van der Waals surface area contributed by atoms with Crippen LogP contribution in [-0.2, 0) is 0 Å². The van der Waals surface area contributed by atoms with Gasteiger partial charge in [-0.15, -0.1) is 0 Å². The fraction of sp³-hybridized carbons (Fsp3) is 0.412. The number of rotatable bonds is 3. The molecule has 130 valence electrons. The monoisotopic (exact) mass is 343 g/mol. The summed E-state index contributed by atoms with van der Waals surface area (Å²) in [5.41, 5.74) is 0.223. The van der Waals surface area contributed by atoms with Crippen LogP contribution in [0.4, 0.5) is 4.39 Å². The predicted octanol–water partition coefficient (Wildman–Crippen LogP) is 2.96. The van der Waals surface area contributed by atoms with Crippen LogP contribution in [0.1, 0.15) is 60.9 Å². The Morgan fingerprint density at radius 2 is 2.20 bits per heavy atom. The van der Waals surface area contributed by atoms with Gasteiger partial charge in [0.1, 0.15) is 11.7 Å². The molecule has 3 aromatic rings. The maximum atomic E-state index is 14.6. The number of carbonyl (C=O) groups excluding carboxylic acids is 1. The molecule has 0 bridgehead atoms. The molecule has 1 saturated heterocycles. The van der Waals surface area contributed by atoms with Crippen LogP contribution < -0.4 is 0 Å². The first-order valence-corrected chi connectivity index (χ1v) is 8.33. The van der Waals surface area contributed by atoms with Crippen LogP contribution in [-0.4, -0.2) is 36.9 Å². The van der Waals surface area contributed by atoms with Crippen molar-refractivity contribution in [3.63, 3.8) is 0 Å². The first-order chi connectivity index (χ1) is 12.1. The highest BCUT2D eigenvalue weighted by atomic mass is 19.1. The molecule has 1 atom stereocenters. The van der Waals surface area contributed by atoms with E-state index in [-0.39, 0.29) is 17.7 Å². The number of hydrogen-bond acceptors (Lipinski definition) is 5. The molecular weight excluding hydrogens is 325 g/mol. The van der Waals surface area contributed by atoms with Crippen LogP contribution in [0.15, 0.2) is 28.9 Å². The van der Waals surface area contributed by atoms with Gasteiger partial charge in [0.2, 0.25) is 11.8 Å². The van der Waals surface area contributed by atoms with E-state index in [1.54, 1.807) is 29.3 Å². The third kappa shape index (κ3) is 2.57. The quantitative estimate of drug-likeness (QED) is 0.731. The Labute approximate surface area is 143 Å². The second kappa shape index (κ2) is 5.94. The third-order valence-electron chi connectivity index (χ3n) is 4.45. The maximum absolute atomic E-state index is 14.6. The summed E-state index contributed by atoms with van der Waals surface area (Å²) in [6, 6.07) is 4.77. The zero-order valence-electron chi connectivity index (χ0n) is 14.0. The second-order valence-corrected chi connectivity index (χ2v) is 6.48. The van der Waals surface area contributed by atoms with E-state index in [0.29, 0.717) is 30.3 Å². The van der Waals surface area contributed by atoms with Crippen LogP contribution in [0, 0.1) is 5.95 Å². The zero-order chi connectivity index (χ0) is 17.6. The molecule has 1 amide bonds. The van der Waals surface area contributed by atoms with Crippen molar-refractivity contribution in [3.05, 3.63) is 47.8 Å². The summed E-state index contributed by atoms with van der Waals surface area (Å²) in [6.07, 6.45) is 3.05. The lowest BCUT2D eigenvalue weighted by molar-refractivity contribution is 0.0699. The molecule has 7 nitrogen and oxygen atoms in total. The molecule has 0 radical (unpaired) electrons. The van der Waals surface area contributed by atoms with Crippen molar-refractivity contribution < 1.29 is 13.7 Å². The van der Waals surface area contributed by atoms with Crippen LogP contribution in [0.25, 0.3) is 5.65 Å². The number of hydrogen-bond donors (Lipinski definition) is 0. The number of likely N-dealkylation sites (tertiary alicyclic amines) is 1. The van der Waals surface area contributed by atoms with Crippen LogP contribution >= 0.6 is 0 Å². The van der Waals surface area contributed by atoms with Gasteiger partial charge in [0.05, 0.1) is 0 Å². The smallest absolute Gasteiger partial charge is 0.277 e. The van der Waals surface area contributed by atoms with Gasteiger partial charge in [0.15, 0.2) is 11.5 Å². The van der Waals surface area contributed by atoms with E-state index in [9.17, 15) is 9.18 Å². The van der Waals surface area contributed by atoms with Gasteiger partial charge in [0, 0.05) is 18.7 Å². The molecule has 0 saturated carbocycles. The fourth-order valence-corrected chi connectivity index (χ4v) is 3.12. The highest BCUT2D eigenvalue weighted by Crippen LogP contribution is 2.33. The number of imidazole rings is 1. The van der Waals surface area contributed by atoms with E-state index >= 15 is 0 Å². The molecule has 1 aliphatic heterocycles. The first-order valence-electron chi connectivity index (χ1n) is 8.33. The average Bonchev–Trinajstić information content (AvgIpc) is 3.32. The Bertz CT molecular complexity index is 932. The summed E-state index contributed by atoms with van der Waals surface area (Å²) in [7, 11) is 0. The standard InChI is InChI=1S/C17H18FN5O2/c1-10(2)15-20-16(25-21-15)11-6-5-9-22(11)17(24)13-14(18)23-8-4-3-7-12(23)19-13/h3-4,7-8,10-11H,5-6,9H2,1-2H3. The molecule has 0 aromatic carbocycles. The minimum atomic E-state index is -0.653. The first kappa shape index (κ1) is 15.7. The van der Waals surface area contributed by atoms with E-state index in [4.69, 9.17) is 4.52 Å². The van der Waals surface area contributed by atoms with Crippen molar-refractivity contribution >= 4 is 11.6 Å². The Balaban J connectivity index is 1.66. The van der Waals surface area contributed by atoms with Gasteiger partial charge < -0.3 is 9.42 Å². The molecule has 0 N–H and O–H groups in total. The summed E-state index contributed by atoms with van der Waals surface area (Å²) in [6.45, 7) is 4.45. The molecule has 1 unspecified atom stereocenters. The van der Waals surface area contributed by atoms with Crippen LogP contribution in [0.5, 0.6) is 0 Å². The van der Waals surface area contributed by atoms with Crippen molar-refractivity contribution in [2.75, 3.05) is 6.54 Å². The largest absolute Gasteiger partial charge is 0.337 e. The molecule has 3 aromatic heterocycles. The van der Waals surface area contributed by atoms with Gasteiger partial charge >= 0.3 is 0 Å². The number of halogens is 1. The molecule has 1 fully saturated rings. The average molecular weight is 343 g/mol. The summed E-state index contributed by atoms with van der Waals surface area (Å²) >= 11 is 0. The third-order valence-corrected chi connectivity index (χ3v) is 4.45. The molecule has 1 aliphatic rings. The highest BCUT2D eigenvalue weighted by Gasteiger charge is 2.37. The zero-order valence-corrected chi connectivity index (χ0v) is 14.0. The molecule has 25 heavy (non-hydrogen) atoms. The topological polar surface area (TPSA) is 76.5 Å². The number of nitrogens with zero attached hydrogens (tertiary/aromatic N) is 5. The number of aromatic nitrogens is 4. The second-order valence-electron chi connectivity index (χ2n) is 6.48. The van der Waals surface area contributed by atoms with E-state index < -0.39 is 11.9 Å². The fourth-order valence-electron chi connectivity index (χ4n) is 3.12. The number of amides is 1. The SMILES string of the molecule is CC(C)c1noc(C2CCCN2C(=O)c2nc3ccccn3c2F)n1. The summed E-state index contributed by atoms with van der Waals surface area (Å²) < 4.78 is 21.2. The van der Waals surface area contributed by atoms with Crippen LogP contribution in [0.3, 0.4) is 0 Å². The van der Waals surface area contributed by atoms with Gasteiger partial charge in [-0.2, -0.15) is 9.37 Å². The minimum absolute atomic E-state index is 0.138. The lowest BCUT2D eigenvalue weighted by atomic mass is 10.2. The molecule has 4 rings (SSSR count). The number of carbonyl (C=O) groups is 1. The Morgan fingerprint density at radius 3 is 2.92 bits per heavy atom. The lowest BCUT2D eigenvalue weighted by Gasteiger charge is -2.20. The molecule has 4 heterocycles. The van der Waals surface area contributed by atoms with E-state index in [1.165, 1.54) is 4.40 Å². The Hall–Kier alpha value is -2.77. The minimum Gasteiger partial charge on any atom is -0.337 e. The molecule has 0 aliphatic carbocycles. The maximum Gasteiger partial charge on any atom is 0.277 e. The predicted molar refractivity (Wildman–Crippen MR) is 86.5 cm³/mol. The van der Waals surface area contributed by atoms with Crippen molar-refractivity contribution in [2.45, 2.75) is 38.6 Å². The molecular formula is C17H18FN5O2. The summed E-state index contributed by atoms with van der Waals surface area (Å²) in [5, 5.41) is 3.96. The highest BCUT2D eigenvalue weighted by molar-refractivity contribution is 5.93. The van der Waals surface area contributed by atoms with Crippen LogP contribution in [0.2, 0.25) is 0 Å². The molecule has 8 heteroatoms. The van der Waals surface area contributed by atoms with Crippen molar-refractivity contribution in [1.29, 1.82) is 0 Å². The normalized spacial score (nSPS) is 17.8.